The molecule has 3 saturated carbocycles. The average Bonchev–Trinajstić information content (AvgIpc) is 4.14. The summed E-state index contributed by atoms with van der Waals surface area (Å²) in [4.78, 5) is 63.3. The summed E-state index contributed by atoms with van der Waals surface area (Å²) in [6, 6.07) is 27.0. The van der Waals surface area contributed by atoms with Gasteiger partial charge in [-0.25, -0.2) is 14.8 Å². The summed E-state index contributed by atoms with van der Waals surface area (Å²) in [6.45, 7) is 1.33. The van der Waals surface area contributed by atoms with Crippen molar-refractivity contribution < 1.29 is 19.1 Å². The van der Waals surface area contributed by atoms with Crippen LogP contribution in [0.5, 0.6) is 0 Å². The number of rotatable bonds is 11. The number of methoxy groups -OCH3 is 1. The second-order valence-electron chi connectivity index (χ2n) is 17.6. The molecule has 2 aliphatic heterocycles. The van der Waals surface area contributed by atoms with Gasteiger partial charge >= 0.3 is 6.09 Å². The maximum Gasteiger partial charge on any atom is 0.407 e. The normalized spacial score (nSPS) is 24.7. The second-order valence-corrected chi connectivity index (χ2v) is 17.6. The summed E-state index contributed by atoms with van der Waals surface area (Å²) in [5.74, 6) is 1.63. The van der Waals surface area contributed by atoms with Crippen molar-refractivity contribution in [3.8, 4) is 11.3 Å². The SMILES string of the molecule is COC(=O)N[C@@H](C(=O)N1CCC[C@H]1c1ncc(C23CCC(c4ccc(-c5cnc([C@@H]6CCCN6C(=O)[C@@H](c6ccccc6)N(C)C)[nH]5)cc4)(CC2)CC3)[nH]1)c1ccccc1. The molecule has 12 nitrogen and oxygen atoms in total. The van der Waals surface area contributed by atoms with Gasteiger partial charge in [-0.15, -0.1) is 0 Å². The lowest BCUT2D eigenvalue weighted by Crippen LogP contribution is -2.46. The number of likely N-dealkylation sites (tertiary alicyclic amines) is 2. The zero-order valence-electron chi connectivity index (χ0n) is 34.9. The number of carbonyl (C=O) groups is 3. The van der Waals surface area contributed by atoms with Crippen molar-refractivity contribution in [2.75, 3.05) is 34.3 Å². The van der Waals surface area contributed by atoms with Gasteiger partial charge in [0, 0.05) is 30.4 Å². The van der Waals surface area contributed by atoms with Crippen molar-refractivity contribution in [2.45, 2.75) is 99.2 Å². The maximum absolute atomic E-state index is 14.1. The minimum absolute atomic E-state index is 0.0505. The smallest absolute Gasteiger partial charge is 0.407 e. The van der Waals surface area contributed by atoms with Gasteiger partial charge in [0.1, 0.15) is 23.7 Å². The van der Waals surface area contributed by atoms with E-state index in [1.165, 1.54) is 18.4 Å². The van der Waals surface area contributed by atoms with Gasteiger partial charge in [-0.2, -0.15) is 0 Å². The van der Waals surface area contributed by atoms with Gasteiger partial charge < -0.3 is 29.8 Å². The molecule has 0 unspecified atom stereocenters. The fourth-order valence-electron chi connectivity index (χ4n) is 10.8. The van der Waals surface area contributed by atoms with Crippen LogP contribution >= 0.6 is 0 Å². The van der Waals surface area contributed by atoms with Crippen molar-refractivity contribution >= 4 is 17.9 Å². The van der Waals surface area contributed by atoms with Gasteiger partial charge in [-0.3, -0.25) is 14.5 Å². The largest absolute Gasteiger partial charge is 0.453 e. The Labute approximate surface area is 352 Å². The Hall–Kier alpha value is -5.75. The van der Waals surface area contributed by atoms with E-state index < -0.39 is 12.1 Å². The van der Waals surface area contributed by atoms with Crippen LogP contribution in [0.2, 0.25) is 0 Å². The number of aromatic amines is 2. The average molecular weight is 809 g/mol. The molecule has 3 amide bonds. The van der Waals surface area contributed by atoms with Gasteiger partial charge in [0.2, 0.25) is 5.91 Å². The van der Waals surface area contributed by atoms with Crippen molar-refractivity contribution in [1.82, 2.24) is 40.0 Å². The topological polar surface area (TPSA) is 140 Å². The quantitative estimate of drug-likeness (QED) is 0.123. The number of likely N-dealkylation sites (N-methyl/N-ethyl adjacent to an activating group) is 1. The van der Waals surface area contributed by atoms with Crippen LogP contribution in [0.1, 0.15) is 122 Å². The minimum atomic E-state index is -0.843. The third-order valence-electron chi connectivity index (χ3n) is 14.2. The standard InChI is InChI=1S/C48H56N8O4/c1-54(2)41(34-14-8-5-9-15-34)45(58)56-29-11-16-37(56)42-49-30-36(51-42)32-18-20-35(21-19-32)47-22-25-48(26-23-47,27-24-47)39-31-50-43(52-39)38-17-10-28-55(38)44(57)40(53-46(59)60-3)33-12-6-4-7-13-33/h4-9,12-15,18-21,30-31,37-38,40-41H,10-11,16-17,22-29H2,1-3H3,(H,49,51)(H,50,52)(H,53,59)/t37-,38-,40+,41+,47?,48?/m0/s1. The van der Waals surface area contributed by atoms with E-state index in [1.807, 2.05) is 102 Å². The highest BCUT2D eigenvalue weighted by Crippen LogP contribution is 2.58. The van der Waals surface area contributed by atoms with Gasteiger partial charge in [-0.1, -0.05) is 84.9 Å². The number of hydrogen-bond acceptors (Lipinski definition) is 7. The Morgan fingerprint density at radius 2 is 1.27 bits per heavy atom. The predicted molar refractivity (Wildman–Crippen MR) is 229 cm³/mol. The fraction of sp³-hybridized carbons (Fsp3) is 0.438. The van der Waals surface area contributed by atoms with E-state index in [0.717, 1.165) is 99.2 Å². The van der Waals surface area contributed by atoms with E-state index in [2.05, 4.69) is 39.6 Å². The Bertz CT molecular complexity index is 2280. The lowest BCUT2D eigenvalue weighted by molar-refractivity contribution is -0.137. The molecule has 4 heterocycles. The summed E-state index contributed by atoms with van der Waals surface area (Å²) in [5, 5.41) is 2.76. The number of ether oxygens (including phenoxy) is 1. The van der Waals surface area contributed by atoms with E-state index in [4.69, 9.17) is 14.7 Å². The molecular weight excluding hydrogens is 753 g/mol. The molecule has 5 fully saturated rings. The number of alkyl carbamates (subject to hydrolysis) is 1. The molecule has 60 heavy (non-hydrogen) atoms. The first-order valence-corrected chi connectivity index (χ1v) is 21.6. The lowest BCUT2D eigenvalue weighted by Gasteiger charge is -2.53. The van der Waals surface area contributed by atoms with Crippen LogP contribution in [0.4, 0.5) is 4.79 Å². The van der Waals surface area contributed by atoms with E-state index in [9.17, 15) is 14.4 Å². The van der Waals surface area contributed by atoms with E-state index in [0.29, 0.717) is 12.1 Å². The van der Waals surface area contributed by atoms with Crippen molar-refractivity contribution in [3.63, 3.8) is 0 Å². The van der Waals surface area contributed by atoms with Gasteiger partial charge in [0.15, 0.2) is 0 Å². The van der Waals surface area contributed by atoms with E-state index in [-0.39, 0.29) is 40.8 Å². The number of H-pyrrole nitrogens is 2. The van der Waals surface area contributed by atoms with Crippen LogP contribution < -0.4 is 5.32 Å². The monoisotopic (exact) mass is 808 g/mol. The molecule has 312 valence electrons. The highest BCUT2D eigenvalue weighted by Gasteiger charge is 2.51. The second kappa shape index (κ2) is 16.4. The first kappa shape index (κ1) is 39.7. The zero-order valence-corrected chi connectivity index (χ0v) is 34.9. The third kappa shape index (κ3) is 7.29. The molecule has 2 aromatic heterocycles. The van der Waals surface area contributed by atoms with Crippen LogP contribution in [0, 0.1) is 0 Å². The Morgan fingerprint density at radius 1 is 0.717 bits per heavy atom. The molecule has 0 radical (unpaired) electrons. The number of nitrogens with one attached hydrogen (secondary N) is 3. The molecule has 5 aromatic rings. The molecule has 4 atom stereocenters. The van der Waals surface area contributed by atoms with Gasteiger partial charge in [-0.05, 0) is 106 Å². The van der Waals surface area contributed by atoms with Crippen molar-refractivity contribution in [2.24, 2.45) is 0 Å². The molecule has 3 aliphatic carbocycles. The lowest BCUT2D eigenvalue weighted by atomic mass is 9.51. The molecule has 0 spiro atoms. The number of carbonyl (C=O) groups excluding carboxylic acids is 3. The number of imidazole rings is 2. The summed E-state index contributed by atoms with van der Waals surface area (Å²) in [7, 11) is 5.24. The van der Waals surface area contributed by atoms with Crippen LogP contribution in [0.25, 0.3) is 11.3 Å². The Morgan fingerprint density at radius 3 is 1.87 bits per heavy atom. The molecule has 10 rings (SSSR count). The maximum atomic E-state index is 14.1. The summed E-state index contributed by atoms with van der Waals surface area (Å²) < 4.78 is 4.88. The molecule has 2 saturated heterocycles. The number of hydrogen-bond donors (Lipinski definition) is 3. The Balaban J connectivity index is 0.854. The van der Waals surface area contributed by atoms with E-state index in [1.54, 1.807) is 0 Å². The summed E-state index contributed by atoms with van der Waals surface area (Å²) in [5.41, 5.74) is 6.58. The molecule has 3 aromatic carbocycles. The first-order chi connectivity index (χ1) is 29.2. The Kier molecular flexibility index (Phi) is 10.8. The predicted octanol–water partition coefficient (Wildman–Crippen LogP) is 8.07. The molecular formula is C48H56N8O4. The number of aromatic nitrogens is 4. The van der Waals surface area contributed by atoms with Crippen LogP contribution in [-0.4, -0.2) is 86.8 Å². The third-order valence-corrected chi connectivity index (χ3v) is 14.2. The van der Waals surface area contributed by atoms with Crippen LogP contribution in [0.3, 0.4) is 0 Å². The highest BCUT2D eigenvalue weighted by atomic mass is 16.5. The number of nitrogens with zero attached hydrogens (tertiary/aromatic N) is 5. The zero-order chi connectivity index (χ0) is 41.4. The van der Waals surface area contributed by atoms with Crippen LogP contribution in [0.15, 0.2) is 97.3 Å². The fourth-order valence-corrected chi connectivity index (χ4v) is 10.8. The van der Waals surface area contributed by atoms with Gasteiger partial charge in [0.05, 0.1) is 31.1 Å². The van der Waals surface area contributed by atoms with Crippen LogP contribution in [-0.2, 0) is 25.2 Å². The number of amides is 3. The molecule has 5 aliphatic rings. The molecule has 12 heteroatoms. The van der Waals surface area contributed by atoms with Crippen molar-refractivity contribution in [1.29, 1.82) is 0 Å². The van der Waals surface area contributed by atoms with E-state index >= 15 is 0 Å². The minimum Gasteiger partial charge on any atom is -0.453 e. The van der Waals surface area contributed by atoms with Crippen molar-refractivity contribution in [3.05, 3.63) is 131 Å². The molecule has 3 N–H and O–H groups in total. The number of fused-ring (bicyclic) bond motifs is 3. The summed E-state index contributed by atoms with van der Waals surface area (Å²) in [6.07, 6.45) is 13.4. The summed E-state index contributed by atoms with van der Waals surface area (Å²) >= 11 is 0. The molecule has 2 bridgehead atoms. The first-order valence-electron chi connectivity index (χ1n) is 21.6. The number of benzene rings is 3. The highest BCUT2D eigenvalue weighted by molar-refractivity contribution is 5.87. The van der Waals surface area contributed by atoms with Gasteiger partial charge in [0.25, 0.3) is 5.91 Å².